The average Bonchev–Trinajstić information content (AvgIpc) is 2.79. The highest BCUT2D eigenvalue weighted by Gasteiger charge is 2.32. The predicted octanol–water partition coefficient (Wildman–Crippen LogP) is 3.16. The molecule has 2 aromatic carbocycles. The maximum Gasteiger partial charge on any atom is 0.317 e. The van der Waals surface area contributed by atoms with Crippen molar-refractivity contribution in [3.63, 3.8) is 0 Å². The summed E-state index contributed by atoms with van der Waals surface area (Å²) in [7, 11) is 0. The van der Waals surface area contributed by atoms with E-state index in [1.165, 1.54) is 22.3 Å². The second-order valence-corrected chi connectivity index (χ2v) is 5.03. The second kappa shape index (κ2) is 5.10. The number of hydrogen-bond acceptors (Lipinski definition) is 2. The van der Waals surface area contributed by atoms with E-state index in [1.54, 1.807) is 0 Å². The van der Waals surface area contributed by atoms with Gasteiger partial charge in [-0.3, -0.25) is 9.69 Å². The van der Waals surface area contributed by atoms with Gasteiger partial charge in [0.05, 0.1) is 12.6 Å². The van der Waals surface area contributed by atoms with Crippen LogP contribution in [-0.4, -0.2) is 29.1 Å². The molecular formula is C17H17NO2. The monoisotopic (exact) mass is 267 g/mol. The van der Waals surface area contributed by atoms with E-state index in [0.717, 1.165) is 0 Å². The van der Waals surface area contributed by atoms with Crippen molar-refractivity contribution < 1.29 is 9.90 Å². The Morgan fingerprint density at radius 3 is 2.00 bits per heavy atom. The van der Waals surface area contributed by atoms with Crippen LogP contribution >= 0.6 is 0 Å². The fraction of sp³-hybridized carbons (Fsp3) is 0.235. The molecule has 0 unspecified atom stereocenters. The van der Waals surface area contributed by atoms with Crippen molar-refractivity contribution in [3.8, 4) is 11.1 Å². The fourth-order valence-corrected chi connectivity index (χ4v) is 3.08. The number of fused-ring (bicyclic) bond motifs is 3. The molecule has 2 aromatic rings. The van der Waals surface area contributed by atoms with Crippen molar-refractivity contribution in [2.24, 2.45) is 0 Å². The van der Waals surface area contributed by atoms with Crippen molar-refractivity contribution in [1.82, 2.24) is 4.90 Å². The van der Waals surface area contributed by atoms with Crippen molar-refractivity contribution in [2.45, 2.75) is 13.0 Å². The van der Waals surface area contributed by atoms with Gasteiger partial charge in [0.25, 0.3) is 0 Å². The molecule has 0 amide bonds. The van der Waals surface area contributed by atoms with Gasteiger partial charge in [0.1, 0.15) is 0 Å². The molecule has 0 atom stereocenters. The van der Waals surface area contributed by atoms with Gasteiger partial charge in [0.2, 0.25) is 0 Å². The van der Waals surface area contributed by atoms with Gasteiger partial charge >= 0.3 is 5.97 Å². The molecule has 1 N–H and O–H groups in total. The van der Waals surface area contributed by atoms with Gasteiger partial charge < -0.3 is 5.11 Å². The third-order valence-corrected chi connectivity index (χ3v) is 3.91. The van der Waals surface area contributed by atoms with Gasteiger partial charge in [0.15, 0.2) is 0 Å². The third-order valence-electron chi connectivity index (χ3n) is 3.91. The average molecular weight is 267 g/mol. The molecule has 0 fully saturated rings. The summed E-state index contributed by atoms with van der Waals surface area (Å²) in [5, 5.41) is 9.13. The lowest BCUT2D eigenvalue weighted by molar-refractivity contribution is -0.138. The van der Waals surface area contributed by atoms with Crippen LogP contribution in [0.1, 0.15) is 24.1 Å². The van der Waals surface area contributed by atoms with Crippen LogP contribution in [0.25, 0.3) is 11.1 Å². The number of rotatable bonds is 4. The Hall–Kier alpha value is -2.13. The van der Waals surface area contributed by atoms with E-state index in [4.69, 9.17) is 5.11 Å². The number of aliphatic carboxylic acids is 1. The number of nitrogens with zero attached hydrogens (tertiary/aromatic N) is 1. The molecule has 1 aliphatic carbocycles. The second-order valence-electron chi connectivity index (χ2n) is 5.03. The smallest absolute Gasteiger partial charge is 0.317 e. The van der Waals surface area contributed by atoms with Crippen LogP contribution < -0.4 is 0 Å². The molecule has 20 heavy (non-hydrogen) atoms. The van der Waals surface area contributed by atoms with Crippen LogP contribution in [0.5, 0.6) is 0 Å². The summed E-state index contributed by atoms with van der Waals surface area (Å²) < 4.78 is 0. The van der Waals surface area contributed by atoms with E-state index in [2.05, 4.69) is 24.3 Å². The first-order valence-corrected chi connectivity index (χ1v) is 6.86. The zero-order chi connectivity index (χ0) is 14.1. The zero-order valence-electron chi connectivity index (χ0n) is 11.4. The van der Waals surface area contributed by atoms with E-state index in [9.17, 15) is 4.79 Å². The minimum absolute atomic E-state index is 0.0449. The van der Waals surface area contributed by atoms with Gasteiger partial charge in [0, 0.05) is 0 Å². The van der Waals surface area contributed by atoms with E-state index in [0.29, 0.717) is 6.54 Å². The van der Waals surface area contributed by atoms with Crippen molar-refractivity contribution >= 4 is 5.97 Å². The Balaban J connectivity index is 2.13. The molecular weight excluding hydrogens is 250 g/mol. The van der Waals surface area contributed by atoms with Gasteiger partial charge in [-0.2, -0.15) is 0 Å². The Morgan fingerprint density at radius 1 is 1.05 bits per heavy atom. The molecule has 3 nitrogen and oxygen atoms in total. The quantitative estimate of drug-likeness (QED) is 0.925. The molecule has 0 heterocycles. The van der Waals surface area contributed by atoms with Gasteiger partial charge in [-0.05, 0) is 28.8 Å². The number of carbonyl (C=O) groups is 1. The van der Waals surface area contributed by atoms with Gasteiger partial charge in [-0.25, -0.2) is 0 Å². The van der Waals surface area contributed by atoms with Crippen molar-refractivity contribution in [3.05, 3.63) is 59.7 Å². The van der Waals surface area contributed by atoms with E-state index in [-0.39, 0.29) is 12.6 Å². The molecule has 0 radical (unpaired) electrons. The van der Waals surface area contributed by atoms with Crippen LogP contribution in [0.3, 0.4) is 0 Å². The Kier molecular flexibility index (Phi) is 3.28. The summed E-state index contributed by atoms with van der Waals surface area (Å²) in [5.41, 5.74) is 4.85. The maximum absolute atomic E-state index is 11.1. The standard InChI is InChI=1S/C17H17NO2/c1-2-18(11-16(19)20)17-14-9-5-3-7-12(14)13-8-4-6-10-15(13)17/h3-10,17H,2,11H2,1H3,(H,19,20). The van der Waals surface area contributed by atoms with Crippen molar-refractivity contribution in [1.29, 1.82) is 0 Å². The summed E-state index contributed by atoms with van der Waals surface area (Å²) in [4.78, 5) is 13.1. The maximum atomic E-state index is 11.1. The van der Waals surface area contributed by atoms with Crippen molar-refractivity contribution in [2.75, 3.05) is 13.1 Å². The Bertz CT molecular complexity index is 605. The highest BCUT2D eigenvalue weighted by atomic mass is 16.4. The summed E-state index contributed by atoms with van der Waals surface area (Å²) >= 11 is 0. The molecule has 0 saturated heterocycles. The first-order chi connectivity index (χ1) is 9.72. The molecule has 0 bridgehead atoms. The summed E-state index contributed by atoms with van der Waals surface area (Å²) in [6.07, 6.45) is 0. The normalized spacial score (nSPS) is 13.3. The molecule has 3 heteroatoms. The third kappa shape index (κ3) is 2.00. The molecule has 0 spiro atoms. The minimum Gasteiger partial charge on any atom is -0.480 e. The number of benzene rings is 2. The summed E-state index contributed by atoms with van der Waals surface area (Å²) in [6, 6.07) is 16.6. The largest absolute Gasteiger partial charge is 0.480 e. The zero-order valence-corrected chi connectivity index (χ0v) is 11.4. The lowest BCUT2D eigenvalue weighted by Gasteiger charge is -2.27. The minimum atomic E-state index is -0.784. The number of carboxylic acids is 1. The number of likely N-dealkylation sites (N-methyl/N-ethyl adjacent to an activating group) is 1. The first-order valence-electron chi connectivity index (χ1n) is 6.86. The number of hydrogen-bond donors (Lipinski definition) is 1. The Labute approximate surface area is 118 Å². The van der Waals surface area contributed by atoms with Crippen LogP contribution in [-0.2, 0) is 4.79 Å². The fourth-order valence-electron chi connectivity index (χ4n) is 3.08. The van der Waals surface area contributed by atoms with Crippen LogP contribution in [0.15, 0.2) is 48.5 Å². The molecule has 0 saturated carbocycles. The van der Waals surface area contributed by atoms with Gasteiger partial charge in [-0.15, -0.1) is 0 Å². The number of carboxylic acid groups (broad SMARTS) is 1. The topological polar surface area (TPSA) is 40.5 Å². The molecule has 0 aliphatic heterocycles. The predicted molar refractivity (Wildman–Crippen MR) is 78.6 cm³/mol. The van der Waals surface area contributed by atoms with Gasteiger partial charge in [-0.1, -0.05) is 55.5 Å². The summed E-state index contributed by atoms with van der Waals surface area (Å²) in [6.45, 7) is 2.77. The molecule has 0 aromatic heterocycles. The van der Waals surface area contributed by atoms with E-state index in [1.807, 2.05) is 36.1 Å². The molecule has 3 rings (SSSR count). The summed E-state index contributed by atoms with van der Waals surface area (Å²) in [5.74, 6) is -0.784. The van der Waals surface area contributed by atoms with E-state index >= 15 is 0 Å². The highest BCUT2D eigenvalue weighted by molar-refractivity contribution is 5.79. The van der Waals surface area contributed by atoms with Crippen LogP contribution in [0.4, 0.5) is 0 Å². The molecule has 1 aliphatic rings. The molecule has 102 valence electrons. The lowest BCUT2D eigenvalue weighted by Crippen LogP contribution is -2.33. The first kappa shape index (κ1) is 12.9. The van der Waals surface area contributed by atoms with Crippen LogP contribution in [0.2, 0.25) is 0 Å². The van der Waals surface area contributed by atoms with E-state index < -0.39 is 5.97 Å². The lowest BCUT2D eigenvalue weighted by atomic mass is 10.0. The highest BCUT2D eigenvalue weighted by Crippen LogP contribution is 2.45. The Morgan fingerprint density at radius 2 is 1.55 bits per heavy atom. The SMILES string of the molecule is CCN(CC(=O)O)C1c2ccccc2-c2ccccc21. The van der Waals surface area contributed by atoms with Crippen LogP contribution in [0, 0.1) is 0 Å².